The zero-order valence-electron chi connectivity index (χ0n) is 12.6. The maximum atomic E-state index is 13.7. The van der Waals surface area contributed by atoms with E-state index in [9.17, 15) is 23.5 Å². The third-order valence-electron chi connectivity index (χ3n) is 3.97. The van der Waals surface area contributed by atoms with Crippen molar-refractivity contribution in [2.75, 3.05) is 6.54 Å². The highest BCUT2D eigenvalue weighted by atomic mass is 19.1. The van der Waals surface area contributed by atoms with Gasteiger partial charge >= 0.3 is 6.03 Å². The Morgan fingerprint density at radius 2 is 2.08 bits per heavy atom. The van der Waals surface area contributed by atoms with Gasteiger partial charge in [-0.15, -0.1) is 0 Å². The van der Waals surface area contributed by atoms with E-state index in [0.717, 1.165) is 17.0 Å². The van der Waals surface area contributed by atoms with Gasteiger partial charge in [-0.1, -0.05) is 6.07 Å². The number of aliphatic hydroxyl groups excluding tert-OH is 1. The lowest BCUT2D eigenvalue weighted by molar-refractivity contribution is -0.132. The molecule has 0 aliphatic carbocycles. The number of hydrogen-bond acceptors (Lipinski definition) is 4. The number of furan rings is 1. The molecule has 2 heterocycles. The Bertz CT molecular complexity index is 793. The Hall–Kier alpha value is -2.74. The predicted octanol–water partition coefficient (Wildman–Crippen LogP) is 2.06. The molecule has 0 saturated carbocycles. The van der Waals surface area contributed by atoms with E-state index in [1.807, 2.05) is 0 Å². The van der Waals surface area contributed by atoms with E-state index in [0.29, 0.717) is 6.07 Å². The van der Waals surface area contributed by atoms with Crippen molar-refractivity contribution < 1.29 is 27.9 Å². The number of nitrogens with one attached hydrogen (secondary N) is 1. The number of imide groups is 1. The van der Waals surface area contributed by atoms with Gasteiger partial charge in [-0.2, -0.15) is 0 Å². The Kier molecular flexibility index (Phi) is 3.84. The van der Waals surface area contributed by atoms with E-state index in [4.69, 9.17) is 4.42 Å². The van der Waals surface area contributed by atoms with Crippen LogP contribution in [-0.4, -0.2) is 28.5 Å². The second-order valence-corrected chi connectivity index (χ2v) is 5.63. The van der Waals surface area contributed by atoms with Gasteiger partial charge in [0.1, 0.15) is 17.4 Å². The van der Waals surface area contributed by atoms with E-state index < -0.39 is 41.8 Å². The largest absolute Gasteiger partial charge is 0.466 e. The molecule has 1 fully saturated rings. The summed E-state index contributed by atoms with van der Waals surface area (Å²) in [5.74, 6) is -2.14. The van der Waals surface area contributed by atoms with Gasteiger partial charge in [0, 0.05) is 11.6 Å². The number of aliphatic hydroxyl groups is 1. The Morgan fingerprint density at radius 1 is 1.33 bits per heavy atom. The third kappa shape index (κ3) is 2.54. The summed E-state index contributed by atoms with van der Waals surface area (Å²) in [6.45, 7) is 1.00. The molecule has 6 nitrogen and oxygen atoms in total. The van der Waals surface area contributed by atoms with Crippen LogP contribution in [0.2, 0.25) is 0 Å². The number of nitrogens with zero attached hydrogens (tertiary/aromatic N) is 1. The molecule has 0 spiro atoms. The van der Waals surface area contributed by atoms with Gasteiger partial charge in [0.2, 0.25) is 0 Å². The van der Waals surface area contributed by atoms with Gasteiger partial charge in [0.15, 0.2) is 5.54 Å². The maximum Gasteiger partial charge on any atom is 0.325 e. The number of carbonyl (C=O) groups excluding carboxylic acids is 2. The molecule has 2 atom stereocenters. The lowest BCUT2D eigenvalue weighted by atomic mass is 9.99. The summed E-state index contributed by atoms with van der Waals surface area (Å²) >= 11 is 0. The van der Waals surface area contributed by atoms with E-state index in [1.165, 1.54) is 19.3 Å². The van der Waals surface area contributed by atoms with Crippen molar-refractivity contribution in [3.05, 3.63) is 59.6 Å². The van der Waals surface area contributed by atoms with Crippen LogP contribution in [0.3, 0.4) is 0 Å². The van der Waals surface area contributed by atoms with Gasteiger partial charge in [0.05, 0.1) is 18.9 Å². The number of carbonyl (C=O) groups is 2. The number of hydrogen-bond donors (Lipinski definition) is 2. The maximum absolute atomic E-state index is 13.7. The van der Waals surface area contributed by atoms with E-state index in [-0.39, 0.29) is 11.3 Å². The third-order valence-corrected chi connectivity index (χ3v) is 3.97. The Labute approximate surface area is 135 Å². The van der Waals surface area contributed by atoms with Crippen molar-refractivity contribution in [2.45, 2.75) is 18.6 Å². The molecule has 3 amide bonds. The van der Waals surface area contributed by atoms with E-state index in [2.05, 4.69) is 5.32 Å². The van der Waals surface area contributed by atoms with E-state index >= 15 is 0 Å². The second-order valence-electron chi connectivity index (χ2n) is 5.63. The molecule has 1 aromatic heterocycles. The van der Waals surface area contributed by atoms with Gasteiger partial charge in [-0.3, -0.25) is 9.69 Å². The zero-order valence-corrected chi connectivity index (χ0v) is 12.6. The highest BCUT2D eigenvalue weighted by Crippen LogP contribution is 2.30. The quantitative estimate of drug-likeness (QED) is 0.837. The first-order valence-electron chi connectivity index (χ1n) is 7.14. The predicted molar refractivity (Wildman–Crippen MR) is 77.6 cm³/mol. The molecule has 3 rings (SSSR count). The molecule has 126 valence electrons. The summed E-state index contributed by atoms with van der Waals surface area (Å²) in [6.07, 6.45) is -0.120. The van der Waals surface area contributed by atoms with Crippen LogP contribution in [0.15, 0.2) is 41.0 Å². The van der Waals surface area contributed by atoms with Crippen molar-refractivity contribution in [3.8, 4) is 0 Å². The lowest BCUT2D eigenvalue weighted by Crippen LogP contribution is -2.41. The fourth-order valence-corrected chi connectivity index (χ4v) is 2.64. The minimum Gasteiger partial charge on any atom is -0.466 e. The first-order chi connectivity index (χ1) is 11.3. The van der Waals surface area contributed by atoms with Crippen molar-refractivity contribution in [1.82, 2.24) is 10.2 Å². The Morgan fingerprint density at radius 3 is 2.71 bits per heavy atom. The fourth-order valence-electron chi connectivity index (χ4n) is 2.64. The SMILES string of the molecule is C[C@@]1(c2ccco2)NC(=O)N(C[C@H](O)c2ccc(F)cc2F)C1=O. The van der Waals surface area contributed by atoms with Crippen molar-refractivity contribution in [2.24, 2.45) is 0 Å². The number of rotatable bonds is 4. The Balaban J connectivity index is 1.82. The van der Waals surface area contributed by atoms with Crippen molar-refractivity contribution >= 4 is 11.9 Å². The highest BCUT2D eigenvalue weighted by molar-refractivity contribution is 6.06. The van der Waals surface area contributed by atoms with Gasteiger partial charge in [-0.05, 0) is 25.1 Å². The molecule has 0 unspecified atom stereocenters. The van der Waals surface area contributed by atoms with Gasteiger partial charge < -0.3 is 14.8 Å². The minimum absolute atomic E-state index is 0.205. The average molecular weight is 336 g/mol. The molecule has 24 heavy (non-hydrogen) atoms. The number of halogens is 2. The lowest BCUT2D eigenvalue weighted by Gasteiger charge is -2.21. The smallest absolute Gasteiger partial charge is 0.325 e. The molecule has 1 aliphatic heterocycles. The monoisotopic (exact) mass is 336 g/mol. The average Bonchev–Trinajstić information content (AvgIpc) is 3.12. The number of benzene rings is 1. The molecule has 0 bridgehead atoms. The van der Waals surface area contributed by atoms with Crippen LogP contribution < -0.4 is 5.32 Å². The van der Waals surface area contributed by atoms with Crippen LogP contribution in [0.25, 0.3) is 0 Å². The van der Waals surface area contributed by atoms with Crippen LogP contribution >= 0.6 is 0 Å². The topological polar surface area (TPSA) is 82.8 Å². The summed E-state index contributed by atoms with van der Waals surface area (Å²) in [6, 6.07) is 5.06. The molecule has 2 N–H and O–H groups in total. The standard InChI is InChI=1S/C16H14F2N2O4/c1-16(13-3-2-6-24-13)14(22)20(15(23)19-16)8-12(21)10-5-4-9(17)7-11(10)18/h2-7,12,21H,8H2,1H3,(H,19,23)/t12-,16-/m0/s1. The molecule has 2 aromatic rings. The van der Waals surface area contributed by atoms with Crippen LogP contribution in [0.5, 0.6) is 0 Å². The van der Waals surface area contributed by atoms with Gasteiger partial charge in [-0.25, -0.2) is 13.6 Å². The normalized spacial score (nSPS) is 21.9. The minimum atomic E-state index is -1.49. The molecule has 8 heteroatoms. The molecule has 1 aromatic carbocycles. The van der Waals surface area contributed by atoms with Crippen LogP contribution in [-0.2, 0) is 10.3 Å². The number of amides is 3. The zero-order chi connectivity index (χ0) is 17.5. The first kappa shape index (κ1) is 16.1. The first-order valence-corrected chi connectivity index (χ1v) is 7.14. The molecule has 1 saturated heterocycles. The van der Waals surface area contributed by atoms with Gasteiger partial charge in [0.25, 0.3) is 5.91 Å². The van der Waals surface area contributed by atoms with Crippen LogP contribution in [0.1, 0.15) is 24.4 Å². The summed E-state index contributed by atoms with van der Waals surface area (Å²) in [4.78, 5) is 25.4. The summed E-state index contributed by atoms with van der Waals surface area (Å²) < 4.78 is 31.8. The van der Waals surface area contributed by atoms with Crippen molar-refractivity contribution in [3.63, 3.8) is 0 Å². The summed E-state index contributed by atoms with van der Waals surface area (Å²) in [5, 5.41) is 12.6. The number of urea groups is 1. The van der Waals surface area contributed by atoms with E-state index in [1.54, 1.807) is 6.07 Å². The van der Waals surface area contributed by atoms with Crippen molar-refractivity contribution in [1.29, 1.82) is 0 Å². The highest BCUT2D eigenvalue weighted by Gasteiger charge is 2.51. The molecule has 1 aliphatic rings. The molecular weight excluding hydrogens is 322 g/mol. The summed E-state index contributed by atoms with van der Waals surface area (Å²) in [7, 11) is 0. The van der Waals surface area contributed by atoms with Crippen LogP contribution in [0.4, 0.5) is 13.6 Å². The second kappa shape index (κ2) is 5.72. The molecular formula is C16H14F2N2O4. The summed E-state index contributed by atoms with van der Waals surface area (Å²) in [5.41, 5.74) is -1.61. The van der Waals surface area contributed by atoms with Crippen LogP contribution in [0, 0.1) is 11.6 Å². The number of β-amino-alcohol motifs (C(OH)–C–C–N with tert-alkyl or cyclic N) is 1. The molecule has 0 radical (unpaired) electrons. The fraction of sp³-hybridized carbons (Fsp3) is 0.250.